The van der Waals surface area contributed by atoms with Crippen LogP contribution in [0.15, 0.2) is 33.9 Å². The van der Waals surface area contributed by atoms with Gasteiger partial charge in [0.05, 0.1) is 4.92 Å². The molecule has 0 bridgehead atoms. The van der Waals surface area contributed by atoms with E-state index in [0.717, 1.165) is 0 Å². The highest BCUT2D eigenvalue weighted by atomic mass is 79.9. The van der Waals surface area contributed by atoms with Gasteiger partial charge in [-0.15, -0.1) is 0 Å². The maximum absolute atomic E-state index is 10.9. The minimum atomic E-state index is -0.503. The number of nitro groups is 1. The fraction of sp³-hybridized carbons (Fsp3) is 0.0909. The Morgan fingerprint density at radius 1 is 1.45 bits per heavy atom. The molecule has 0 fully saturated rings. The Morgan fingerprint density at radius 3 is 2.85 bits per heavy atom. The minimum Gasteiger partial charge on any atom is -0.437 e. The first-order chi connectivity index (χ1) is 9.51. The van der Waals surface area contributed by atoms with Crippen molar-refractivity contribution in [1.29, 1.82) is 0 Å². The highest BCUT2D eigenvalue weighted by molar-refractivity contribution is 9.10. The van der Waals surface area contributed by atoms with Crippen molar-refractivity contribution in [3.63, 3.8) is 0 Å². The van der Waals surface area contributed by atoms with Gasteiger partial charge in [0, 0.05) is 12.1 Å². The van der Waals surface area contributed by atoms with Gasteiger partial charge in [0.25, 0.3) is 5.69 Å². The molecule has 0 aliphatic carbocycles. The first-order valence-electron chi connectivity index (χ1n) is 5.20. The van der Waals surface area contributed by atoms with Gasteiger partial charge in [0.15, 0.2) is 10.9 Å². The molecule has 2 aromatic rings. The summed E-state index contributed by atoms with van der Waals surface area (Å²) < 4.78 is 5.76. The fourth-order valence-corrected chi connectivity index (χ4v) is 2.44. The number of thioether (sulfide) groups is 1. The molecule has 0 saturated heterocycles. The fourth-order valence-electron chi connectivity index (χ4n) is 1.35. The van der Waals surface area contributed by atoms with E-state index >= 15 is 0 Å². The van der Waals surface area contributed by atoms with Gasteiger partial charge in [0.1, 0.15) is 9.63 Å². The third-order valence-electron chi connectivity index (χ3n) is 2.19. The minimum absolute atomic E-state index is 0.0901. The van der Waals surface area contributed by atoms with Gasteiger partial charge in [-0.1, -0.05) is 29.4 Å². The van der Waals surface area contributed by atoms with E-state index in [-0.39, 0.29) is 26.9 Å². The molecule has 6 nitrogen and oxygen atoms in total. The summed E-state index contributed by atoms with van der Waals surface area (Å²) in [5.41, 5.74) is -0.0901. The Kier molecular flexibility index (Phi) is 4.79. The summed E-state index contributed by atoms with van der Waals surface area (Å²) in [4.78, 5) is 18.4. The molecule has 0 aliphatic rings. The number of rotatable bonds is 4. The molecule has 1 aromatic carbocycles. The van der Waals surface area contributed by atoms with Crippen LogP contribution in [-0.2, 0) is 0 Å². The lowest BCUT2D eigenvalue weighted by molar-refractivity contribution is -0.385. The van der Waals surface area contributed by atoms with E-state index in [1.165, 1.54) is 30.0 Å². The number of nitrogens with zero attached hydrogens (tertiary/aromatic N) is 3. The Labute approximate surface area is 131 Å². The molecule has 0 amide bonds. The number of benzene rings is 1. The van der Waals surface area contributed by atoms with Crippen LogP contribution in [0.3, 0.4) is 0 Å². The van der Waals surface area contributed by atoms with Crippen molar-refractivity contribution in [2.45, 2.75) is 5.16 Å². The number of aromatic nitrogens is 2. The van der Waals surface area contributed by atoms with Crippen LogP contribution in [0.4, 0.5) is 5.69 Å². The van der Waals surface area contributed by atoms with Crippen molar-refractivity contribution in [2.24, 2.45) is 0 Å². The van der Waals surface area contributed by atoms with Crippen LogP contribution in [0.5, 0.6) is 11.6 Å². The molecule has 9 heteroatoms. The highest BCUT2D eigenvalue weighted by Crippen LogP contribution is 2.36. The van der Waals surface area contributed by atoms with Gasteiger partial charge in [-0.25, -0.2) is 4.98 Å². The van der Waals surface area contributed by atoms with Gasteiger partial charge in [-0.05, 0) is 28.3 Å². The standard InChI is InChI=1S/C11H7BrClN3O3S/c1-20-11-14-8(13)5-9(15-11)19-7-4-2-3-6(10(7)12)16(17)18/h2-5H,1H3. The quantitative estimate of drug-likeness (QED) is 0.260. The van der Waals surface area contributed by atoms with Crippen LogP contribution in [0.2, 0.25) is 5.15 Å². The average Bonchev–Trinajstić information content (AvgIpc) is 2.40. The van der Waals surface area contributed by atoms with Crippen LogP contribution >= 0.6 is 39.3 Å². The van der Waals surface area contributed by atoms with Gasteiger partial charge in [-0.3, -0.25) is 10.1 Å². The predicted molar refractivity (Wildman–Crippen MR) is 79.7 cm³/mol. The van der Waals surface area contributed by atoms with Crippen molar-refractivity contribution < 1.29 is 9.66 Å². The van der Waals surface area contributed by atoms with E-state index < -0.39 is 4.92 Å². The van der Waals surface area contributed by atoms with Crippen molar-refractivity contribution in [3.8, 4) is 11.6 Å². The topological polar surface area (TPSA) is 78.2 Å². The zero-order valence-corrected chi connectivity index (χ0v) is 13.2. The van der Waals surface area contributed by atoms with Crippen molar-refractivity contribution >= 4 is 45.0 Å². The summed E-state index contributed by atoms with van der Waals surface area (Å²) in [6, 6.07) is 5.92. The third-order valence-corrected chi connectivity index (χ3v) is 3.73. The van der Waals surface area contributed by atoms with Crippen LogP contribution in [-0.4, -0.2) is 21.1 Å². The second-order valence-electron chi connectivity index (χ2n) is 3.46. The van der Waals surface area contributed by atoms with E-state index in [9.17, 15) is 10.1 Å². The van der Waals surface area contributed by atoms with Crippen molar-refractivity contribution in [2.75, 3.05) is 6.26 Å². The second-order valence-corrected chi connectivity index (χ2v) is 5.42. The van der Waals surface area contributed by atoms with Crippen LogP contribution in [0.25, 0.3) is 0 Å². The number of hydrogen-bond donors (Lipinski definition) is 0. The largest absolute Gasteiger partial charge is 0.437 e. The number of hydrogen-bond acceptors (Lipinski definition) is 6. The van der Waals surface area contributed by atoms with Gasteiger partial charge >= 0.3 is 0 Å². The zero-order valence-electron chi connectivity index (χ0n) is 10.0. The lowest BCUT2D eigenvalue weighted by atomic mass is 10.3. The molecule has 0 radical (unpaired) electrons. The van der Waals surface area contributed by atoms with Crippen LogP contribution < -0.4 is 4.74 Å². The molecule has 0 unspecified atom stereocenters. The highest BCUT2D eigenvalue weighted by Gasteiger charge is 2.17. The van der Waals surface area contributed by atoms with Crippen molar-refractivity contribution in [3.05, 3.63) is 44.0 Å². The van der Waals surface area contributed by atoms with Crippen LogP contribution in [0, 0.1) is 10.1 Å². The van der Waals surface area contributed by atoms with Gasteiger partial charge < -0.3 is 4.74 Å². The molecule has 1 heterocycles. The smallest absolute Gasteiger partial charge is 0.287 e. The first kappa shape index (κ1) is 15.0. The first-order valence-corrected chi connectivity index (χ1v) is 7.60. The molecule has 0 aliphatic heterocycles. The molecule has 1 aromatic heterocycles. The SMILES string of the molecule is CSc1nc(Cl)cc(Oc2cccc([N+](=O)[O-])c2Br)n1. The maximum atomic E-state index is 10.9. The van der Waals surface area contributed by atoms with E-state index in [2.05, 4.69) is 25.9 Å². The summed E-state index contributed by atoms with van der Waals surface area (Å²) >= 11 is 10.3. The number of ether oxygens (including phenoxy) is 1. The Hall–Kier alpha value is -1.38. The molecule has 0 saturated carbocycles. The zero-order chi connectivity index (χ0) is 14.7. The summed E-state index contributed by atoms with van der Waals surface area (Å²) in [7, 11) is 0. The van der Waals surface area contributed by atoms with Gasteiger partial charge in [-0.2, -0.15) is 4.98 Å². The van der Waals surface area contributed by atoms with E-state index in [1.807, 2.05) is 0 Å². The number of nitro benzene ring substituents is 1. The molecule has 104 valence electrons. The number of halogens is 2. The lowest BCUT2D eigenvalue weighted by Gasteiger charge is -2.07. The Balaban J connectivity index is 2.37. The second kappa shape index (κ2) is 6.38. The summed E-state index contributed by atoms with van der Waals surface area (Å²) in [6.07, 6.45) is 1.80. The normalized spacial score (nSPS) is 10.3. The molecule has 0 spiro atoms. The molecule has 0 N–H and O–H groups in total. The molecular formula is C11H7BrClN3O3S. The lowest BCUT2D eigenvalue weighted by Crippen LogP contribution is -1.95. The van der Waals surface area contributed by atoms with Gasteiger partial charge in [0.2, 0.25) is 5.88 Å². The van der Waals surface area contributed by atoms with E-state index in [4.69, 9.17) is 16.3 Å². The molecular weight excluding hydrogens is 370 g/mol. The average molecular weight is 377 g/mol. The monoisotopic (exact) mass is 375 g/mol. The third kappa shape index (κ3) is 3.38. The molecule has 0 atom stereocenters. The van der Waals surface area contributed by atoms with Crippen molar-refractivity contribution in [1.82, 2.24) is 9.97 Å². The van der Waals surface area contributed by atoms with E-state index in [1.54, 1.807) is 12.3 Å². The van der Waals surface area contributed by atoms with E-state index in [0.29, 0.717) is 5.16 Å². The summed E-state index contributed by atoms with van der Waals surface area (Å²) in [5, 5.41) is 11.5. The summed E-state index contributed by atoms with van der Waals surface area (Å²) in [5.74, 6) is 0.497. The Bertz CT molecular complexity index is 671. The summed E-state index contributed by atoms with van der Waals surface area (Å²) in [6.45, 7) is 0. The molecule has 2 rings (SSSR count). The predicted octanol–water partition coefficient (Wildman–Crippen LogP) is 4.31. The Morgan fingerprint density at radius 2 is 2.20 bits per heavy atom. The molecule has 20 heavy (non-hydrogen) atoms. The maximum Gasteiger partial charge on any atom is 0.287 e. The van der Waals surface area contributed by atoms with Crippen LogP contribution in [0.1, 0.15) is 0 Å².